The molecule has 0 aliphatic rings. The van der Waals surface area contributed by atoms with Crippen molar-refractivity contribution >= 4 is 11.9 Å². The molecule has 1 N–H and O–H groups in total. The summed E-state index contributed by atoms with van der Waals surface area (Å²) in [5, 5.41) is 9.69. The maximum Gasteiger partial charge on any atom is 0.306 e. The van der Waals surface area contributed by atoms with Gasteiger partial charge in [-0.2, -0.15) is 0 Å². The Kier molecular flexibility index (Phi) is 63.4. The summed E-state index contributed by atoms with van der Waals surface area (Å²) in [6.45, 7) is 3.92. The van der Waals surface area contributed by atoms with E-state index in [1.54, 1.807) is 0 Å². The summed E-state index contributed by atoms with van der Waals surface area (Å²) in [4.78, 5) is 24.6. The number of ether oxygens (including phenoxy) is 2. The number of carbonyl (C=O) groups is 2. The number of aliphatic hydroxyl groups excluding tert-OH is 1. The van der Waals surface area contributed by atoms with E-state index in [-0.39, 0.29) is 25.2 Å². The highest BCUT2D eigenvalue weighted by molar-refractivity contribution is 5.70. The smallest absolute Gasteiger partial charge is 0.306 e. The van der Waals surface area contributed by atoms with Crippen LogP contribution < -0.4 is 0 Å². The lowest BCUT2D eigenvalue weighted by atomic mass is 10.0. The van der Waals surface area contributed by atoms with Gasteiger partial charge in [-0.3, -0.25) is 9.59 Å². The van der Waals surface area contributed by atoms with Gasteiger partial charge in [0.25, 0.3) is 0 Å². The molecule has 442 valence electrons. The van der Waals surface area contributed by atoms with E-state index < -0.39 is 6.10 Å². The summed E-state index contributed by atoms with van der Waals surface area (Å²) in [6.07, 6.45) is 101. The number of aliphatic hydroxyl groups is 1. The van der Waals surface area contributed by atoms with Crippen LogP contribution in [0.5, 0.6) is 0 Å². The van der Waals surface area contributed by atoms with Gasteiger partial charge in [0.2, 0.25) is 0 Å². The summed E-state index contributed by atoms with van der Waals surface area (Å²) in [7, 11) is 0. The van der Waals surface area contributed by atoms with E-state index in [2.05, 4.69) is 160 Å². The average molecular weight is 1080 g/mol. The van der Waals surface area contributed by atoms with Gasteiger partial charge in [-0.25, -0.2) is 0 Å². The van der Waals surface area contributed by atoms with Crippen LogP contribution in [0.1, 0.15) is 284 Å². The van der Waals surface area contributed by atoms with Gasteiger partial charge in [0.15, 0.2) is 6.10 Å². The molecule has 0 spiro atoms. The summed E-state index contributed by atoms with van der Waals surface area (Å²) in [5.74, 6) is -0.600. The van der Waals surface area contributed by atoms with E-state index in [1.807, 2.05) is 0 Å². The van der Waals surface area contributed by atoms with Crippen LogP contribution in [0, 0.1) is 0 Å². The molecule has 78 heavy (non-hydrogen) atoms. The minimum atomic E-state index is -0.787. The largest absolute Gasteiger partial charge is 0.462 e. The van der Waals surface area contributed by atoms with Crippen molar-refractivity contribution in [2.45, 2.75) is 290 Å². The van der Waals surface area contributed by atoms with Gasteiger partial charge in [-0.05, 0) is 116 Å². The summed E-state index contributed by atoms with van der Waals surface area (Å²) in [6, 6.07) is 0. The predicted octanol–water partition coefficient (Wildman–Crippen LogP) is 22.5. The fraction of sp³-hybridized carbons (Fsp3) is 0.644. The molecule has 1 unspecified atom stereocenters. The van der Waals surface area contributed by atoms with E-state index in [1.165, 1.54) is 135 Å². The molecule has 5 heteroatoms. The van der Waals surface area contributed by atoms with Gasteiger partial charge in [0, 0.05) is 12.8 Å². The number of carbonyl (C=O) groups excluding carboxylic acids is 2. The first kappa shape index (κ1) is 73.8. The first-order chi connectivity index (χ1) is 38.6. The van der Waals surface area contributed by atoms with Gasteiger partial charge in [-0.15, -0.1) is 0 Å². The van der Waals surface area contributed by atoms with E-state index >= 15 is 0 Å². The summed E-state index contributed by atoms with van der Waals surface area (Å²) in [5.41, 5.74) is 0. The Labute approximate surface area is 482 Å². The highest BCUT2D eigenvalue weighted by Gasteiger charge is 2.16. The second-order valence-corrected chi connectivity index (χ2v) is 21.1. The lowest BCUT2D eigenvalue weighted by Crippen LogP contribution is -2.28. The molecule has 0 rings (SSSR count). The quantitative estimate of drug-likeness (QED) is 0.0373. The van der Waals surface area contributed by atoms with Crippen molar-refractivity contribution in [3.8, 4) is 0 Å². The maximum absolute atomic E-state index is 12.3. The fourth-order valence-corrected chi connectivity index (χ4v) is 8.86. The van der Waals surface area contributed by atoms with E-state index in [9.17, 15) is 14.7 Å². The van der Waals surface area contributed by atoms with Gasteiger partial charge >= 0.3 is 11.9 Å². The summed E-state index contributed by atoms with van der Waals surface area (Å²) >= 11 is 0. The molecule has 0 heterocycles. The Morgan fingerprint density at radius 2 is 0.513 bits per heavy atom. The predicted molar refractivity (Wildman–Crippen MR) is 343 cm³/mol. The van der Waals surface area contributed by atoms with Crippen molar-refractivity contribution < 1.29 is 24.2 Å². The Morgan fingerprint density at radius 1 is 0.295 bits per heavy atom. The lowest BCUT2D eigenvalue weighted by Gasteiger charge is -2.15. The highest BCUT2D eigenvalue weighted by Crippen LogP contribution is 2.16. The molecule has 0 radical (unpaired) electrons. The van der Waals surface area contributed by atoms with Crippen LogP contribution in [-0.2, 0) is 19.1 Å². The van der Waals surface area contributed by atoms with Crippen molar-refractivity contribution in [1.82, 2.24) is 0 Å². The molecule has 5 nitrogen and oxygen atoms in total. The zero-order chi connectivity index (χ0) is 56.2. The van der Waals surface area contributed by atoms with Crippen molar-refractivity contribution in [2.75, 3.05) is 13.2 Å². The second-order valence-electron chi connectivity index (χ2n) is 21.1. The molecule has 0 aromatic carbocycles. The van der Waals surface area contributed by atoms with Crippen LogP contribution in [0.25, 0.3) is 0 Å². The van der Waals surface area contributed by atoms with E-state index in [4.69, 9.17) is 9.47 Å². The molecule has 0 saturated heterocycles. The Bertz CT molecular complexity index is 1650. The monoisotopic (exact) mass is 1080 g/mol. The molecule has 0 bridgehead atoms. The highest BCUT2D eigenvalue weighted by atomic mass is 16.6. The standard InChI is InChI=1S/C73H120O5/c1-3-5-7-9-11-13-15-17-19-21-23-25-27-29-31-33-35-36-38-40-42-44-46-48-50-52-54-56-58-60-62-64-66-68-73(76)78-71(69-74)70-77-72(75)67-65-63-61-59-57-55-53-51-49-47-45-43-41-39-37-34-32-30-28-26-24-22-20-18-16-14-12-10-8-6-4-2/h5-8,11-14,17-20,23-26,29,31,35-36,40,42,46,48,71,74H,3-4,9-10,15-16,21-22,27-28,30,32-34,37-39,41,43-45,47,49-70H2,1-2H3/b7-5-,8-6-,13-11-,14-12-,19-17-,20-18-,25-23-,26-24-,31-29-,36-35-,42-40-,48-46-. The third kappa shape index (κ3) is 64.3. The summed E-state index contributed by atoms with van der Waals surface area (Å²) < 4.78 is 10.7. The van der Waals surface area contributed by atoms with Crippen LogP contribution in [0.2, 0.25) is 0 Å². The van der Waals surface area contributed by atoms with Gasteiger partial charge in [-0.1, -0.05) is 301 Å². The zero-order valence-electron chi connectivity index (χ0n) is 50.6. The zero-order valence-corrected chi connectivity index (χ0v) is 50.6. The topological polar surface area (TPSA) is 72.8 Å². The van der Waals surface area contributed by atoms with Crippen LogP contribution in [0.15, 0.2) is 146 Å². The molecule has 1 atom stereocenters. The SMILES string of the molecule is CC/C=C\C/C=C\C/C=C\C/C=C\C/C=C\C/C=C\C/C=C\C/C=C\CCCCCCCCCCC(=O)OC(CO)COC(=O)CCCCCCCCCCCCCCCCCCCC/C=C\C/C=C\C/C=C\C/C=C\CC. The average Bonchev–Trinajstić information content (AvgIpc) is 3.44. The molecular formula is C73H120O5. The normalized spacial score (nSPS) is 13.2. The second kappa shape index (κ2) is 67.1. The fourth-order valence-electron chi connectivity index (χ4n) is 8.86. The molecule has 0 aromatic heterocycles. The van der Waals surface area contributed by atoms with Crippen LogP contribution >= 0.6 is 0 Å². The molecule has 0 aliphatic carbocycles. The molecular weight excluding hydrogens is 957 g/mol. The maximum atomic E-state index is 12.3. The third-order valence-electron chi connectivity index (χ3n) is 13.6. The van der Waals surface area contributed by atoms with Gasteiger partial charge in [0.05, 0.1) is 6.61 Å². The van der Waals surface area contributed by atoms with Crippen LogP contribution in [-0.4, -0.2) is 36.4 Å². The Balaban J connectivity index is 3.53. The Morgan fingerprint density at radius 3 is 0.769 bits per heavy atom. The van der Waals surface area contributed by atoms with Crippen molar-refractivity contribution in [1.29, 1.82) is 0 Å². The van der Waals surface area contributed by atoms with Crippen molar-refractivity contribution in [3.63, 3.8) is 0 Å². The third-order valence-corrected chi connectivity index (χ3v) is 13.6. The Hall–Kier alpha value is -4.22. The van der Waals surface area contributed by atoms with E-state index in [0.717, 1.165) is 122 Å². The number of hydrogen-bond acceptors (Lipinski definition) is 5. The molecule has 0 amide bonds. The molecule has 0 aliphatic heterocycles. The first-order valence-electron chi connectivity index (χ1n) is 32.4. The van der Waals surface area contributed by atoms with Crippen molar-refractivity contribution in [2.24, 2.45) is 0 Å². The number of allylic oxidation sites excluding steroid dienone is 24. The van der Waals surface area contributed by atoms with Crippen LogP contribution in [0.3, 0.4) is 0 Å². The first-order valence-corrected chi connectivity index (χ1v) is 32.4. The van der Waals surface area contributed by atoms with Crippen LogP contribution in [0.4, 0.5) is 0 Å². The van der Waals surface area contributed by atoms with Gasteiger partial charge in [0.1, 0.15) is 6.61 Å². The molecule has 0 fully saturated rings. The number of esters is 2. The van der Waals surface area contributed by atoms with E-state index in [0.29, 0.717) is 12.8 Å². The number of hydrogen-bond donors (Lipinski definition) is 1. The van der Waals surface area contributed by atoms with Crippen molar-refractivity contribution in [3.05, 3.63) is 146 Å². The van der Waals surface area contributed by atoms with Gasteiger partial charge < -0.3 is 14.6 Å². The number of rotatable bonds is 58. The number of unbranched alkanes of at least 4 members (excludes halogenated alkanes) is 26. The molecule has 0 saturated carbocycles. The lowest BCUT2D eigenvalue weighted by molar-refractivity contribution is -0.161. The minimum Gasteiger partial charge on any atom is -0.462 e. The molecule has 0 aromatic rings. The minimum absolute atomic E-state index is 0.0751.